The molecule has 9 heteroatoms. The molecule has 0 radical (unpaired) electrons. The van der Waals surface area contributed by atoms with Gasteiger partial charge in [0.15, 0.2) is 4.90 Å². The van der Waals surface area contributed by atoms with E-state index in [9.17, 15) is 23.6 Å². The summed E-state index contributed by atoms with van der Waals surface area (Å²) in [6.45, 7) is 1.92. The summed E-state index contributed by atoms with van der Waals surface area (Å²) in [5.74, 6) is 0.255. The van der Waals surface area contributed by atoms with Gasteiger partial charge in [-0.2, -0.15) is 10.2 Å². The number of nitrogens with zero attached hydrogens (tertiary/aromatic N) is 4. The number of aryl methyl sites for hydroxylation is 1. The molecule has 1 N–H and O–H groups in total. The monoisotopic (exact) mass is 552 g/mol. The Morgan fingerprint density at radius 3 is 2.50 bits per heavy atom. The molecule has 2 saturated carbocycles. The van der Waals surface area contributed by atoms with Crippen molar-refractivity contribution in [1.29, 1.82) is 5.26 Å². The lowest BCUT2D eigenvalue weighted by molar-refractivity contribution is 0.347. The zero-order valence-electron chi connectivity index (χ0n) is 22.0. The van der Waals surface area contributed by atoms with Gasteiger partial charge in [0.2, 0.25) is 15.7 Å². The highest BCUT2D eigenvalue weighted by molar-refractivity contribution is 7.91. The first kappa shape index (κ1) is 26.0. The van der Waals surface area contributed by atoms with Gasteiger partial charge in [-0.1, -0.05) is 24.3 Å². The van der Waals surface area contributed by atoms with Gasteiger partial charge >= 0.3 is 0 Å². The minimum atomic E-state index is -4.41. The number of rotatable bonds is 8. The van der Waals surface area contributed by atoms with Crippen molar-refractivity contribution in [2.45, 2.75) is 54.9 Å². The number of hydrogen-bond acceptors (Lipinski definition) is 7. The van der Waals surface area contributed by atoms with E-state index in [-0.39, 0.29) is 10.8 Å². The standard InChI is InChI=1S/C31H28N4O4S/c1-19-18-33-14-13-26(19)22-9-11-25(12-10-22)40(38,39)29-30(36)34-27(16-20-5-6-20)35(31(29)37)28(23-7-8-23)24-4-2-3-21(15-24)17-32/h2-4,9-15,18,20,23,28,37H,5-8,16H2,1H3/t28-/m0/s1. The van der Waals surface area contributed by atoms with E-state index in [1.54, 1.807) is 47.3 Å². The molecular formula is C31H28N4O4S. The maximum absolute atomic E-state index is 13.9. The van der Waals surface area contributed by atoms with Crippen molar-refractivity contribution < 1.29 is 13.5 Å². The first-order valence-electron chi connectivity index (χ1n) is 13.4. The van der Waals surface area contributed by atoms with Crippen LogP contribution in [-0.4, -0.2) is 28.1 Å². The van der Waals surface area contributed by atoms with Gasteiger partial charge in [0.1, 0.15) is 5.82 Å². The molecule has 2 fully saturated rings. The van der Waals surface area contributed by atoms with Crippen molar-refractivity contribution in [1.82, 2.24) is 14.5 Å². The highest BCUT2D eigenvalue weighted by atomic mass is 32.2. The van der Waals surface area contributed by atoms with Crippen molar-refractivity contribution >= 4 is 9.84 Å². The lowest BCUT2D eigenvalue weighted by Gasteiger charge is -2.26. The molecule has 0 unspecified atom stereocenters. The van der Waals surface area contributed by atoms with Gasteiger partial charge < -0.3 is 5.11 Å². The fraction of sp³-hybridized carbons (Fsp3) is 0.290. The predicted molar refractivity (Wildman–Crippen MR) is 148 cm³/mol. The van der Waals surface area contributed by atoms with Crippen molar-refractivity contribution in [3.8, 4) is 23.1 Å². The van der Waals surface area contributed by atoms with E-state index in [2.05, 4.69) is 16.0 Å². The molecule has 0 saturated heterocycles. The molecule has 0 bridgehead atoms. The maximum atomic E-state index is 13.9. The average Bonchev–Trinajstić information content (AvgIpc) is 3.87. The van der Waals surface area contributed by atoms with E-state index < -0.39 is 32.2 Å². The molecule has 2 aliphatic carbocycles. The smallest absolute Gasteiger partial charge is 0.296 e. The first-order valence-corrected chi connectivity index (χ1v) is 14.9. The topological polar surface area (TPSA) is 126 Å². The van der Waals surface area contributed by atoms with E-state index in [1.165, 1.54) is 12.1 Å². The summed E-state index contributed by atoms with van der Waals surface area (Å²) in [5, 5.41) is 21.1. The first-order chi connectivity index (χ1) is 19.3. The van der Waals surface area contributed by atoms with Crippen LogP contribution in [0.2, 0.25) is 0 Å². The Labute approximate surface area is 232 Å². The normalized spacial score (nSPS) is 15.9. The van der Waals surface area contributed by atoms with E-state index >= 15 is 0 Å². The third kappa shape index (κ3) is 4.80. The van der Waals surface area contributed by atoms with Crippen LogP contribution in [0, 0.1) is 30.1 Å². The maximum Gasteiger partial charge on any atom is 0.296 e. The summed E-state index contributed by atoms with van der Waals surface area (Å²) in [6.07, 6.45) is 7.64. The predicted octanol–water partition coefficient (Wildman–Crippen LogP) is 4.98. The Hall–Kier alpha value is -4.29. The summed E-state index contributed by atoms with van der Waals surface area (Å²) in [5.41, 5.74) is 2.96. The zero-order chi connectivity index (χ0) is 28.0. The zero-order valence-corrected chi connectivity index (χ0v) is 22.8. The highest BCUT2D eigenvalue weighted by Crippen LogP contribution is 2.47. The molecule has 202 valence electrons. The van der Waals surface area contributed by atoms with Crippen LogP contribution in [0.1, 0.15) is 54.2 Å². The van der Waals surface area contributed by atoms with Crippen LogP contribution in [0.15, 0.2) is 81.6 Å². The van der Waals surface area contributed by atoms with Gasteiger partial charge in [0.25, 0.3) is 5.56 Å². The SMILES string of the molecule is Cc1cnccc1-c1ccc(S(=O)(=O)c2c(O)n([C@H](c3cccc(C#N)c3)C3CC3)c(CC3CC3)nc2=O)cc1. The van der Waals surface area contributed by atoms with Crippen LogP contribution in [0.25, 0.3) is 11.1 Å². The van der Waals surface area contributed by atoms with Crippen molar-refractivity contribution in [3.63, 3.8) is 0 Å². The molecule has 40 heavy (non-hydrogen) atoms. The lowest BCUT2D eigenvalue weighted by atomic mass is 9.99. The van der Waals surface area contributed by atoms with Gasteiger partial charge in [0, 0.05) is 18.8 Å². The number of pyridine rings is 1. The number of nitriles is 1. The Balaban J connectivity index is 1.49. The molecule has 4 aromatic rings. The lowest BCUT2D eigenvalue weighted by Crippen LogP contribution is -2.28. The molecule has 0 aliphatic heterocycles. The Bertz CT molecular complexity index is 1820. The van der Waals surface area contributed by atoms with Crippen molar-refractivity contribution in [2.24, 2.45) is 11.8 Å². The Morgan fingerprint density at radius 2 is 1.85 bits per heavy atom. The van der Waals surface area contributed by atoms with E-state index in [1.807, 2.05) is 19.1 Å². The second kappa shape index (κ2) is 10.0. The minimum absolute atomic E-state index is 0.104. The molecular weight excluding hydrogens is 524 g/mol. The van der Waals surface area contributed by atoms with Crippen LogP contribution < -0.4 is 5.56 Å². The van der Waals surface area contributed by atoms with E-state index in [4.69, 9.17) is 0 Å². The van der Waals surface area contributed by atoms with Crippen LogP contribution in [0.5, 0.6) is 5.88 Å². The van der Waals surface area contributed by atoms with E-state index in [0.717, 1.165) is 47.9 Å². The second-order valence-corrected chi connectivity index (χ2v) is 12.6. The molecule has 2 aromatic heterocycles. The highest BCUT2D eigenvalue weighted by Gasteiger charge is 2.40. The van der Waals surface area contributed by atoms with E-state index in [0.29, 0.717) is 23.7 Å². The molecule has 2 aliphatic rings. The number of hydrogen-bond donors (Lipinski definition) is 1. The van der Waals surface area contributed by atoms with Crippen LogP contribution in [0.4, 0.5) is 0 Å². The van der Waals surface area contributed by atoms with Gasteiger partial charge in [-0.25, -0.2) is 8.42 Å². The Kier molecular flexibility index (Phi) is 6.51. The summed E-state index contributed by atoms with van der Waals surface area (Å²) in [7, 11) is -4.41. The van der Waals surface area contributed by atoms with Crippen molar-refractivity contribution in [3.05, 3.63) is 99.9 Å². The quantitative estimate of drug-likeness (QED) is 0.327. The third-order valence-corrected chi connectivity index (χ3v) is 9.56. The van der Waals surface area contributed by atoms with Gasteiger partial charge in [-0.05, 0) is 97.0 Å². The molecule has 2 aromatic carbocycles. The van der Waals surface area contributed by atoms with Crippen molar-refractivity contribution in [2.75, 3.05) is 0 Å². The summed E-state index contributed by atoms with van der Waals surface area (Å²) in [6, 6.07) is 16.9. The summed E-state index contributed by atoms with van der Waals surface area (Å²) in [4.78, 5) is 20.9. The van der Waals surface area contributed by atoms with Gasteiger partial charge in [-0.3, -0.25) is 14.3 Å². The fourth-order valence-electron chi connectivity index (χ4n) is 5.37. The van der Waals surface area contributed by atoms with Crippen LogP contribution >= 0.6 is 0 Å². The average molecular weight is 553 g/mol. The molecule has 1 atom stereocenters. The summed E-state index contributed by atoms with van der Waals surface area (Å²) < 4.78 is 29.3. The van der Waals surface area contributed by atoms with Gasteiger partial charge in [0.05, 0.1) is 22.6 Å². The molecule has 0 amide bonds. The van der Waals surface area contributed by atoms with Crippen LogP contribution in [0.3, 0.4) is 0 Å². The Morgan fingerprint density at radius 1 is 1.10 bits per heavy atom. The number of aromatic hydroxyl groups is 1. The number of benzene rings is 2. The summed E-state index contributed by atoms with van der Waals surface area (Å²) >= 11 is 0. The molecule has 8 nitrogen and oxygen atoms in total. The van der Waals surface area contributed by atoms with Gasteiger partial charge in [-0.15, -0.1) is 0 Å². The molecule has 0 spiro atoms. The molecule has 6 rings (SSSR count). The van der Waals surface area contributed by atoms with Crippen LogP contribution in [-0.2, 0) is 16.3 Å². The second-order valence-electron chi connectivity index (χ2n) is 10.7. The fourth-order valence-corrected chi connectivity index (χ4v) is 6.71. The minimum Gasteiger partial charge on any atom is -0.493 e. The third-order valence-electron chi connectivity index (χ3n) is 7.77. The largest absolute Gasteiger partial charge is 0.493 e. The number of aromatic nitrogens is 3. The molecule has 2 heterocycles. The number of sulfone groups is 1.